The second-order valence-corrected chi connectivity index (χ2v) is 16.9. The summed E-state index contributed by atoms with van der Waals surface area (Å²) in [5.74, 6) is -0.0466. The second-order valence-electron chi connectivity index (χ2n) is 16.9. The van der Waals surface area contributed by atoms with Gasteiger partial charge in [-0.25, -0.2) is 0 Å². The Labute approximate surface area is 336 Å². The predicted octanol–water partition coefficient (Wildman–Crippen LogP) is 15.1. The van der Waals surface area contributed by atoms with Crippen molar-refractivity contribution >= 4 is 17.9 Å². The molecule has 6 nitrogen and oxygen atoms in total. The van der Waals surface area contributed by atoms with Gasteiger partial charge in [0.2, 0.25) is 0 Å². The average Bonchev–Trinajstić information content (AvgIpc) is 3.15. The molecule has 0 aliphatic carbocycles. The van der Waals surface area contributed by atoms with Gasteiger partial charge in [0, 0.05) is 19.3 Å². The molecule has 54 heavy (non-hydrogen) atoms. The maximum absolute atomic E-state index is 12.7. The highest BCUT2D eigenvalue weighted by molar-refractivity contribution is 5.71. The molecule has 0 aliphatic heterocycles. The van der Waals surface area contributed by atoms with Gasteiger partial charge in [0.15, 0.2) is 6.10 Å². The maximum Gasteiger partial charge on any atom is 0.306 e. The third-order valence-corrected chi connectivity index (χ3v) is 10.8. The van der Waals surface area contributed by atoms with E-state index >= 15 is 0 Å². The van der Waals surface area contributed by atoms with Crippen LogP contribution in [0.5, 0.6) is 0 Å². The van der Waals surface area contributed by atoms with Gasteiger partial charge in [-0.3, -0.25) is 14.4 Å². The monoisotopic (exact) mass is 765 g/mol. The number of carbonyl (C=O) groups is 3. The van der Waals surface area contributed by atoms with Crippen LogP contribution in [0, 0.1) is 5.92 Å². The Kier molecular flexibility index (Phi) is 41.3. The van der Waals surface area contributed by atoms with Gasteiger partial charge < -0.3 is 14.2 Å². The van der Waals surface area contributed by atoms with Crippen LogP contribution in [-0.2, 0) is 28.6 Å². The fourth-order valence-corrected chi connectivity index (χ4v) is 7.16. The van der Waals surface area contributed by atoms with Crippen molar-refractivity contribution in [3.8, 4) is 0 Å². The van der Waals surface area contributed by atoms with Crippen LogP contribution < -0.4 is 0 Å². The number of hydrogen-bond donors (Lipinski definition) is 0. The van der Waals surface area contributed by atoms with Crippen molar-refractivity contribution < 1.29 is 28.6 Å². The van der Waals surface area contributed by atoms with Crippen molar-refractivity contribution in [3.05, 3.63) is 0 Å². The first-order valence-corrected chi connectivity index (χ1v) is 23.9. The van der Waals surface area contributed by atoms with Crippen LogP contribution in [0.3, 0.4) is 0 Å². The van der Waals surface area contributed by atoms with Gasteiger partial charge in [0.25, 0.3) is 0 Å². The van der Waals surface area contributed by atoms with E-state index < -0.39 is 6.10 Å². The second kappa shape index (κ2) is 42.6. The highest BCUT2D eigenvalue weighted by Crippen LogP contribution is 2.16. The summed E-state index contributed by atoms with van der Waals surface area (Å²) >= 11 is 0. The number of esters is 3. The van der Waals surface area contributed by atoms with Gasteiger partial charge in [0.1, 0.15) is 13.2 Å². The SMILES string of the molecule is CCCCCCCCCCCCCCCCC(=O)OC[C@@H](COC(=O)CCCCCCCCCCCC)OC(=O)CCCCCCCCCCCC(C)C. The minimum Gasteiger partial charge on any atom is -0.462 e. The molecule has 0 aliphatic rings. The predicted molar refractivity (Wildman–Crippen MR) is 229 cm³/mol. The third kappa shape index (κ3) is 41.6. The first-order valence-electron chi connectivity index (χ1n) is 23.9. The summed E-state index contributed by atoms with van der Waals surface area (Å²) in [5.41, 5.74) is 0. The highest BCUT2D eigenvalue weighted by atomic mass is 16.6. The van der Waals surface area contributed by atoms with Gasteiger partial charge in [0.05, 0.1) is 0 Å². The summed E-state index contributed by atoms with van der Waals surface area (Å²) < 4.78 is 16.7. The van der Waals surface area contributed by atoms with E-state index in [9.17, 15) is 14.4 Å². The fraction of sp³-hybridized carbons (Fsp3) is 0.938. The van der Waals surface area contributed by atoms with Crippen molar-refractivity contribution in [1.82, 2.24) is 0 Å². The van der Waals surface area contributed by atoms with E-state index in [0.29, 0.717) is 19.3 Å². The molecule has 6 heteroatoms. The van der Waals surface area contributed by atoms with Gasteiger partial charge in [-0.1, -0.05) is 227 Å². The van der Waals surface area contributed by atoms with Crippen LogP contribution in [0.4, 0.5) is 0 Å². The summed E-state index contributed by atoms with van der Waals surface area (Å²) in [4.78, 5) is 37.7. The molecule has 0 spiro atoms. The number of unbranched alkanes of at least 4 members (excludes halogenated alkanes) is 30. The molecular formula is C48H92O6. The van der Waals surface area contributed by atoms with E-state index in [1.165, 1.54) is 161 Å². The zero-order valence-electron chi connectivity index (χ0n) is 36.7. The van der Waals surface area contributed by atoms with Gasteiger partial charge in [-0.05, 0) is 25.2 Å². The molecule has 0 aromatic heterocycles. The molecular weight excluding hydrogens is 673 g/mol. The number of carbonyl (C=O) groups excluding carboxylic acids is 3. The molecule has 0 heterocycles. The summed E-state index contributed by atoms with van der Waals surface area (Å²) in [5, 5.41) is 0. The lowest BCUT2D eigenvalue weighted by molar-refractivity contribution is -0.167. The molecule has 0 aromatic carbocycles. The molecule has 0 bridgehead atoms. The Morgan fingerprint density at radius 3 is 0.907 bits per heavy atom. The van der Waals surface area contributed by atoms with Gasteiger partial charge >= 0.3 is 17.9 Å². The molecule has 0 saturated carbocycles. The Hall–Kier alpha value is -1.59. The molecule has 0 amide bonds. The minimum absolute atomic E-state index is 0.0636. The van der Waals surface area contributed by atoms with Crippen molar-refractivity contribution in [1.29, 1.82) is 0 Å². The minimum atomic E-state index is -0.759. The lowest BCUT2D eigenvalue weighted by atomic mass is 10.0. The molecule has 320 valence electrons. The summed E-state index contributed by atoms with van der Waals surface area (Å²) in [7, 11) is 0. The van der Waals surface area contributed by atoms with Gasteiger partial charge in [-0.15, -0.1) is 0 Å². The highest BCUT2D eigenvalue weighted by Gasteiger charge is 2.19. The summed E-state index contributed by atoms with van der Waals surface area (Å²) in [6.07, 6.45) is 42.3. The largest absolute Gasteiger partial charge is 0.462 e. The molecule has 0 saturated heterocycles. The summed E-state index contributed by atoms with van der Waals surface area (Å²) in [6.45, 7) is 8.97. The molecule has 0 radical (unpaired) electrons. The van der Waals surface area contributed by atoms with Crippen LogP contribution in [0.2, 0.25) is 0 Å². The number of rotatable bonds is 43. The van der Waals surface area contributed by atoms with Crippen LogP contribution in [-0.4, -0.2) is 37.2 Å². The lowest BCUT2D eigenvalue weighted by Gasteiger charge is -2.18. The van der Waals surface area contributed by atoms with E-state index in [2.05, 4.69) is 27.7 Å². The summed E-state index contributed by atoms with van der Waals surface area (Å²) in [6, 6.07) is 0. The van der Waals surface area contributed by atoms with Crippen molar-refractivity contribution in [2.45, 2.75) is 271 Å². The Balaban J connectivity index is 4.31. The average molecular weight is 765 g/mol. The van der Waals surface area contributed by atoms with Crippen LogP contribution in [0.25, 0.3) is 0 Å². The lowest BCUT2D eigenvalue weighted by Crippen LogP contribution is -2.30. The standard InChI is InChI=1S/C48H92O6/c1-5-7-9-11-13-15-17-18-19-20-24-28-32-36-40-47(50)53-43-45(42-52-46(49)39-35-31-27-23-16-14-12-10-8-6-2)54-48(51)41-37-33-29-25-21-22-26-30-34-38-44(3)4/h44-45H,5-43H2,1-4H3/t45-/m1/s1. The topological polar surface area (TPSA) is 78.9 Å². The molecule has 0 fully saturated rings. The van der Waals surface area contributed by atoms with Gasteiger partial charge in [-0.2, -0.15) is 0 Å². The van der Waals surface area contributed by atoms with Crippen LogP contribution in [0.15, 0.2) is 0 Å². The van der Waals surface area contributed by atoms with E-state index in [1.54, 1.807) is 0 Å². The normalized spacial score (nSPS) is 11.9. The maximum atomic E-state index is 12.7. The quantitative estimate of drug-likeness (QED) is 0.0349. The zero-order chi connectivity index (χ0) is 39.6. The fourth-order valence-electron chi connectivity index (χ4n) is 7.16. The number of hydrogen-bond acceptors (Lipinski definition) is 6. The Morgan fingerprint density at radius 2 is 0.611 bits per heavy atom. The van der Waals surface area contributed by atoms with E-state index in [-0.39, 0.29) is 31.1 Å². The molecule has 0 N–H and O–H groups in total. The van der Waals surface area contributed by atoms with Crippen molar-refractivity contribution in [2.75, 3.05) is 13.2 Å². The Morgan fingerprint density at radius 1 is 0.352 bits per heavy atom. The zero-order valence-corrected chi connectivity index (χ0v) is 36.7. The Bertz CT molecular complexity index is 811. The third-order valence-electron chi connectivity index (χ3n) is 10.8. The molecule has 0 unspecified atom stereocenters. The molecule has 0 rings (SSSR count). The van der Waals surface area contributed by atoms with Crippen LogP contribution in [0.1, 0.15) is 265 Å². The van der Waals surface area contributed by atoms with E-state index in [0.717, 1.165) is 63.7 Å². The first kappa shape index (κ1) is 52.4. The molecule has 0 aromatic rings. The molecule has 1 atom stereocenters. The van der Waals surface area contributed by atoms with Crippen molar-refractivity contribution in [2.24, 2.45) is 5.92 Å². The number of ether oxygens (including phenoxy) is 3. The smallest absolute Gasteiger partial charge is 0.306 e. The first-order chi connectivity index (χ1) is 26.4. The van der Waals surface area contributed by atoms with Crippen LogP contribution >= 0.6 is 0 Å². The van der Waals surface area contributed by atoms with E-state index in [1.807, 2.05) is 0 Å². The van der Waals surface area contributed by atoms with Crippen molar-refractivity contribution in [3.63, 3.8) is 0 Å². The van der Waals surface area contributed by atoms with E-state index in [4.69, 9.17) is 14.2 Å².